The Bertz CT molecular complexity index is 258. The van der Waals surface area contributed by atoms with Gasteiger partial charge in [0.15, 0.2) is 0 Å². The van der Waals surface area contributed by atoms with Crippen LogP contribution in [0.2, 0.25) is 0 Å². The molecule has 1 saturated heterocycles. The fourth-order valence-corrected chi connectivity index (χ4v) is 2.86. The Morgan fingerprint density at radius 2 is 1.94 bits per heavy atom. The number of carbonyl (C=O) groups is 1. The summed E-state index contributed by atoms with van der Waals surface area (Å²) in [6, 6.07) is 0. The zero-order chi connectivity index (χ0) is 13.6. The number of carboxylic acids is 1. The summed E-state index contributed by atoms with van der Waals surface area (Å²) in [7, 11) is 0. The van der Waals surface area contributed by atoms with Gasteiger partial charge >= 0.3 is 5.97 Å². The maximum Gasteiger partial charge on any atom is 0.303 e. The van der Waals surface area contributed by atoms with E-state index in [1.165, 1.54) is 32.4 Å². The Hall–Kier alpha value is -0.570. The topological polar surface area (TPSA) is 40.5 Å². The summed E-state index contributed by atoms with van der Waals surface area (Å²) in [6.45, 7) is 10.5. The molecule has 1 heterocycles. The molecule has 0 aliphatic carbocycles. The molecule has 1 rings (SSSR count). The van der Waals surface area contributed by atoms with Crippen LogP contribution in [-0.2, 0) is 4.79 Å². The first kappa shape index (κ1) is 15.5. The molecule has 0 saturated carbocycles. The number of carboxylic acid groups (broad SMARTS) is 1. The Morgan fingerprint density at radius 3 is 2.56 bits per heavy atom. The van der Waals surface area contributed by atoms with Gasteiger partial charge in [0, 0.05) is 6.42 Å². The van der Waals surface area contributed by atoms with E-state index in [4.69, 9.17) is 5.11 Å². The molecular formula is C15H29NO2. The fraction of sp³-hybridized carbons (Fsp3) is 0.933. The van der Waals surface area contributed by atoms with Crippen molar-refractivity contribution in [2.45, 2.75) is 59.3 Å². The van der Waals surface area contributed by atoms with Crippen LogP contribution in [0.1, 0.15) is 59.3 Å². The highest BCUT2D eigenvalue weighted by molar-refractivity contribution is 5.66. The molecule has 1 atom stereocenters. The number of unbranched alkanes of at least 4 members (excludes halogenated alkanes) is 1. The molecule has 0 aromatic heterocycles. The van der Waals surface area contributed by atoms with Gasteiger partial charge in [-0.3, -0.25) is 4.79 Å². The first-order chi connectivity index (χ1) is 8.39. The largest absolute Gasteiger partial charge is 0.481 e. The van der Waals surface area contributed by atoms with Crippen molar-refractivity contribution in [1.29, 1.82) is 0 Å². The highest BCUT2D eigenvalue weighted by Crippen LogP contribution is 2.34. The van der Waals surface area contributed by atoms with Gasteiger partial charge in [0.25, 0.3) is 0 Å². The van der Waals surface area contributed by atoms with Crippen molar-refractivity contribution in [2.24, 2.45) is 11.3 Å². The van der Waals surface area contributed by atoms with Gasteiger partial charge in [0.1, 0.15) is 0 Å². The van der Waals surface area contributed by atoms with E-state index < -0.39 is 5.97 Å². The third kappa shape index (κ3) is 5.85. The second-order valence-corrected chi connectivity index (χ2v) is 6.69. The van der Waals surface area contributed by atoms with Gasteiger partial charge in [-0.2, -0.15) is 0 Å². The third-order valence-corrected chi connectivity index (χ3v) is 4.16. The van der Waals surface area contributed by atoms with Crippen LogP contribution in [0, 0.1) is 11.3 Å². The highest BCUT2D eigenvalue weighted by atomic mass is 16.4. The SMILES string of the molecule is CC(C)(C)C1CCCN(CCCCC(=O)O)CC1. The second-order valence-electron chi connectivity index (χ2n) is 6.69. The van der Waals surface area contributed by atoms with Crippen molar-refractivity contribution in [1.82, 2.24) is 4.90 Å². The van der Waals surface area contributed by atoms with Gasteiger partial charge in [-0.1, -0.05) is 20.8 Å². The molecule has 0 radical (unpaired) electrons. The molecule has 1 unspecified atom stereocenters. The minimum atomic E-state index is -0.668. The lowest BCUT2D eigenvalue weighted by Gasteiger charge is -2.29. The van der Waals surface area contributed by atoms with E-state index in [0.717, 1.165) is 25.3 Å². The molecule has 3 heteroatoms. The van der Waals surface area contributed by atoms with Crippen LogP contribution in [0.5, 0.6) is 0 Å². The summed E-state index contributed by atoms with van der Waals surface area (Å²) in [5, 5.41) is 8.61. The number of likely N-dealkylation sites (tertiary alicyclic amines) is 1. The smallest absolute Gasteiger partial charge is 0.303 e. The third-order valence-electron chi connectivity index (χ3n) is 4.16. The Balaban J connectivity index is 2.23. The summed E-state index contributed by atoms with van der Waals surface area (Å²) in [5.74, 6) is 0.167. The van der Waals surface area contributed by atoms with Crippen LogP contribution in [0.15, 0.2) is 0 Å². The van der Waals surface area contributed by atoms with E-state index in [1.807, 2.05) is 0 Å². The van der Waals surface area contributed by atoms with E-state index in [1.54, 1.807) is 0 Å². The van der Waals surface area contributed by atoms with Crippen LogP contribution in [0.3, 0.4) is 0 Å². The first-order valence-corrected chi connectivity index (χ1v) is 7.34. The number of nitrogens with zero attached hydrogens (tertiary/aromatic N) is 1. The van der Waals surface area contributed by atoms with Crippen LogP contribution in [-0.4, -0.2) is 35.6 Å². The van der Waals surface area contributed by atoms with Gasteiger partial charge in [0.2, 0.25) is 0 Å². The lowest BCUT2D eigenvalue weighted by atomic mass is 9.77. The maximum atomic E-state index is 10.4. The van der Waals surface area contributed by atoms with Crippen molar-refractivity contribution >= 4 is 5.97 Å². The number of hydrogen-bond acceptors (Lipinski definition) is 2. The maximum absolute atomic E-state index is 10.4. The summed E-state index contributed by atoms with van der Waals surface area (Å²) in [4.78, 5) is 13.0. The average Bonchev–Trinajstić information content (AvgIpc) is 2.48. The van der Waals surface area contributed by atoms with Gasteiger partial charge in [-0.25, -0.2) is 0 Å². The van der Waals surface area contributed by atoms with Crippen molar-refractivity contribution in [3.05, 3.63) is 0 Å². The zero-order valence-corrected chi connectivity index (χ0v) is 12.2. The lowest BCUT2D eigenvalue weighted by Crippen LogP contribution is -2.27. The number of rotatable bonds is 5. The fourth-order valence-electron chi connectivity index (χ4n) is 2.86. The summed E-state index contributed by atoms with van der Waals surface area (Å²) >= 11 is 0. The van der Waals surface area contributed by atoms with E-state index in [0.29, 0.717) is 11.8 Å². The predicted molar refractivity (Wildman–Crippen MR) is 74.7 cm³/mol. The van der Waals surface area contributed by atoms with Crippen molar-refractivity contribution in [3.8, 4) is 0 Å². The molecule has 106 valence electrons. The number of hydrogen-bond donors (Lipinski definition) is 1. The Kier molecular flexibility index (Phi) is 6.13. The molecular weight excluding hydrogens is 226 g/mol. The van der Waals surface area contributed by atoms with E-state index in [-0.39, 0.29) is 0 Å². The first-order valence-electron chi connectivity index (χ1n) is 7.34. The molecule has 18 heavy (non-hydrogen) atoms. The molecule has 1 N–H and O–H groups in total. The van der Waals surface area contributed by atoms with Crippen LogP contribution < -0.4 is 0 Å². The van der Waals surface area contributed by atoms with Crippen LogP contribution >= 0.6 is 0 Å². The lowest BCUT2D eigenvalue weighted by molar-refractivity contribution is -0.137. The minimum Gasteiger partial charge on any atom is -0.481 e. The predicted octanol–water partition coefficient (Wildman–Crippen LogP) is 3.39. The molecule has 0 spiro atoms. The average molecular weight is 255 g/mol. The quantitative estimate of drug-likeness (QED) is 0.766. The molecule has 1 fully saturated rings. The minimum absolute atomic E-state index is 0.318. The highest BCUT2D eigenvalue weighted by Gasteiger charge is 2.26. The molecule has 1 aliphatic heterocycles. The molecule has 0 amide bonds. The second kappa shape index (κ2) is 7.13. The zero-order valence-electron chi connectivity index (χ0n) is 12.2. The standard InChI is InChI=1S/C15H29NO2/c1-15(2,3)13-7-6-11-16(12-9-13)10-5-4-8-14(17)18/h13H,4-12H2,1-3H3,(H,17,18). The van der Waals surface area contributed by atoms with Crippen molar-refractivity contribution < 1.29 is 9.90 Å². The molecule has 0 aromatic rings. The van der Waals surface area contributed by atoms with Crippen LogP contribution in [0.25, 0.3) is 0 Å². The summed E-state index contributed by atoms with van der Waals surface area (Å²) < 4.78 is 0. The Morgan fingerprint density at radius 1 is 1.22 bits per heavy atom. The van der Waals surface area contributed by atoms with Crippen molar-refractivity contribution in [2.75, 3.05) is 19.6 Å². The monoisotopic (exact) mass is 255 g/mol. The van der Waals surface area contributed by atoms with E-state index in [9.17, 15) is 4.79 Å². The molecule has 0 aromatic carbocycles. The van der Waals surface area contributed by atoms with Gasteiger partial charge < -0.3 is 10.0 Å². The summed E-state index contributed by atoms with van der Waals surface area (Å²) in [6.07, 6.45) is 6.08. The van der Waals surface area contributed by atoms with Gasteiger partial charge in [0.05, 0.1) is 0 Å². The Labute approximate surface area is 112 Å². The molecule has 3 nitrogen and oxygen atoms in total. The normalized spacial score (nSPS) is 22.7. The molecule has 0 bridgehead atoms. The van der Waals surface area contributed by atoms with E-state index >= 15 is 0 Å². The van der Waals surface area contributed by atoms with Crippen molar-refractivity contribution in [3.63, 3.8) is 0 Å². The van der Waals surface area contributed by atoms with Crippen LogP contribution in [0.4, 0.5) is 0 Å². The van der Waals surface area contributed by atoms with E-state index in [2.05, 4.69) is 25.7 Å². The number of aliphatic carboxylic acids is 1. The van der Waals surface area contributed by atoms with Gasteiger partial charge in [-0.05, 0) is 63.1 Å². The molecule has 1 aliphatic rings. The van der Waals surface area contributed by atoms with Gasteiger partial charge in [-0.15, -0.1) is 0 Å². The summed E-state index contributed by atoms with van der Waals surface area (Å²) in [5.41, 5.74) is 0.430.